The number of methoxy groups -OCH3 is 2. The predicted molar refractivity (Wildman–Crippen MR) is 106 cm³/mol. The summed E-state index contributed by atoms with van der Waals surface area (Å²) in [6.07, 6.45) is 1.08. The van der Waals surface area contributed by atoms with Gasteiger partial charge in [0.1, 0.15) is 18.0 Å². The molecule has 0 spiro atoms. The van der Waals surface area contributed by atoms with Crippen LogP contribution < -0.4 is 19.1 Å². The van der Waals surface area contributed by atoms with Gasteiger partial charge in [-0.2, -0.15) is 0 Å². The first-order valence-corrected chi connectivity index (χ1v) is 10.1. The third-order valence-corrected chi connectivity index (χ3v) is 5.17. The molecule has 7 nitrogen and oxygen atoms in total. The smallest absolute Gasteiger partial charge is 0.245 e. The van der Waals surface area contributed by atoms with Crippen molar-refractivity contribution in [2.24, 2.45) is 0 Å². The van der Waals surface area contributed by atoms with Gasteiger partial charge >= 0.3 is 0 Å². The third-order valence-electron chi connectivity index (χ3n) is 4.06. The predicted octanol–water partition coefficient (Wildman–Crippen LogP) is 2.73. The van der Waals surface area contributed by atoms with E-state index >= 15 is 0 Å². The fourth-order valence-corrected chi connectivity index (χ4v) is 3.76. The summed E-state index contributed by atoms with van der Waals surface area (Å²) >= 11 is 0. The Morgan fingerprint density at radius 2 is 1.70 bits per heavy atom. The number of carbonyl (C=O) groups excluding carboxylic acids is 1. The van der Waals surface area contributed by atoms with Gasteiger partial charge in [0.2, 0.25) is 15.9 Å². The van der Waals surface area contributed by atoms with Crippen molar-refractivity contribution in [1.82, 2.24) is 0 Å². The Hall–Kier alpha value is -2.74. The fraction of sp³-hybridized carbons (Fsp3) is 0.316. The van der Waals surface area contributed by atoms with Crippen LogP contribution >= 0.6 is 0 Å². The van der Waals surface area contributed by atoms with E-state index in [0.29, 0.717) is 22.9 Å². The van der Waals surface area contributed by atoms with Crippen molar-refractivity contribution in [2.75, 3.05) is 36.6 Å². The number of hydrogen-bond donors (Lipinski definition) is 1. The van der Waals surface area contributed by atoms with Gasteiger partial charge in [0.05, 0.1) is 31.9 Å². The number of carbonyl (C=O) groups is 1. The number of hydrogen-bond acceptors (Lipinski definition) is 5. The van der Waals surface area contributed by atoms with Crippen LogP contribution in [-0.4, -0.2) is 41.3 Å². The van der Waals surface area contributed by atoms with E-state index in [2.05, 4.69) is 5.32 Å². The number of nitrogens with one attached hydrogen (secondary N) is 1. The molecule has 146 valence electrons. The van der Waals surface area contributed by atoms with Crippen molar-refractivity contribution in [2.45, 2.75) is 13.8 Å². The van der Waals surface area contributed by atoms with Crippen molar-refractivity contribution in [3.05, 3.63) is 47.5 Å². The van der Waals surface area contributed by atoms with Crippen molar-refractivity contribution in [3.8, 4) is 11.5 Å². The van der Waals surface area contributed by atoms with Crippen molar-refractivity contribution in [3.63, 3.8) is 0 Å². The highest BCUT2D eigenvalue weighted by Gasteiger charge is 2.24. The van der Waals surface area contributed by atoms with Crippen LogP contribution in [0, 0.1) is 13.8 Å². The normalized spacial score (nSPS) is 11.0. The van der Waals surface area contributed by atoms with Gasteiger partial charge in [-0.3, -0.25) is 9.10 Å². The molecule has 1 N–H and O–H groups in total. The van der Waals surface area contributed by atoms with Gasteiger partial charge in [0.15, 0.2) is 0 Å². The summed E-state index contributed by atoms with van der Waals surface area (Å²) in [5.41, 5.74) is 2.45. The zero-order chi connectivity index (χ0) is 20.2. The molecule has 0 saturated heterocycles. The first-order valence-electron chi connectivity index (χ1n) is 8.23. The van der Waals surface area contributed by atoms with E-state index in [-0.39, 0.29) is 6.54 Å². The Labute approximate surface area is 160 Å². The van der Waals surface area contributed by atoms with Crippen LogP contribution in [0.2, 0.25) is 0 Å². The zero-order valence-corrected chi connectivity index (χ0v) is 16.9. The highest BCUT2D eigenvalue weighted by molar-refractivity contribution is 7.92. The van der Waals surface area contributed by atoms with Crippen LogP contribution in [0.3, 0.4) is 0 Å². The maximum Gasteiger partial charge on any atom is 0.245 e. The second kappa shape index (κ2) is 8.30. The van der Waals surface area contributed by atoms with Crippen molar-refractivity contribution in [1.29, 1.82) is 0 Å². The summed E-state index contributed by atoms with van der Waals surface area (Å²) < 4.78 is 36.2. The monoisotopic (exact) mass is 392 g/mol. The average Bonchev–Trinajstić information content (AvgIpc) is 2.59. The van der Waals surface area contributed by atoms with E-state index in [1.165, 1.54) is 14.2 Å². The maximum atomic E-state index is 12.6. The van der Waals surface area contributed by atoms with Gasteiger partial charge in [0.25, 0.3) is 0 Å². The van der Waals surface area contributed by atoms with E-state index in [1.54, 1.807) is 18.2 Å². The van der Waals surface area contributed by atoms with Gasteiger partial charge in [0, 0.05) is 6.07 Å². The summed E-state index contributed by atoms with van der Waals surface area (Å²) in [6, 6.07) is 10.4. The van der Waals surface area contributed by atoms with Gasteiger partial charge in [-0.15, -0.1) is 0 Å². The zero-order valence-electron chi connectivity index (χ0n) is 16.1. The Kier molecular flexibility index (Phi) is 6.32. The summed E-state index contributed by atoms with van der Waals surface area (Å²) in [4.78, 5) is 12.6. The number of amides is 1. The average molecular weight is 392 g/mol. The van der Waals surface area contributed by atoms with Crippen LogP contribution in [0.1, 0.15) is 11.1 Å². The summed E-state index contributed by atoms with van der Waals surface area (Å²) in [5.74, 6) is 0.498. The molecular formula is C19H24N2O5S. The second-order valence-corrected chi connectivity index (χ2v) is 8.03. The fourth-order valence-electron chi connectivity index (χ4n) is 2.79. The molecule has 2 aromatic rings. The molecule has 1 amide bonds. The molecule has 27 heavy (non-hydrogen) atoms. The van der Waals surface area contributed by atoms with Crippen LogP contribution in [0.4, 0.5) is 11.4 Å². The topological polar surface area (TPSA) is 84.9 Å². The number of para-hydroxylation sites is 1. The Balaban J connectivity index is 2.34. The van der Waals surface area contributed by atoms with Gasteiger partial charge in [-0.1, -0.05) is 18.2 Å². The SMILES string of the molecule is COc1ccc(OC)c(NC(=O)CN(c2c(C)cccc2C)S(C)(=O)=O)c1. The quantitative estimate of drug-likeness (QED) is 0.783. The largest absolute Gasteiger partial charge is 0.497 e. The minimum atomic E-state index is -3.66. The highest BCUT2D eigenvalue weighted by atomic mass is 32.2. The van der Waals surface area contributed by atoms with Crippen LogP contribution in [0.15, 0.2) is 36.4 Å². The van der Waals surface area contributed by atoms with E-state index in [1.807, 2.05) is 32.0 Å². The Morgan fingerprint density at radius 3 is 2.22 bits per heavy atom. The van der Waals surface area contributed by atoms with Crippen LogP contribution in [0.5, 0.6) is 11.5 Å². The number of anilines is 2. The summed E-state index contributed by atoms with van der Waals surface area (Å²) in [6.45, 7) is 3.26. The Morgan fingerprint density at radius 1 is 1.07 bits per heavy atom. The molecule has 0 aliphatic carbocycles. The molecule has 2 aromatic carbocycles. The highest BCUT2D eigenvalue weighted by Crippen LogP contribution is 2.30. The van der Waals surface area contributed by atoms with Gasteiger partial charge in [-0.05, 0) is 37.1 Å². The lowest BCUT2D eigenvalue weighted by Crippen LogP contribution is -2.38. The molecule has 2 rings (SSSR count). The number of ether oxygens (including phenoxy) is 2. The summed E-state index contributed by atoms with van der Waals surface area (Å²) in [5, 5.41) is 2.70. The lowest BCUT2D eigenvalue weighted by atomic mass is 10.1. The van der Waals surface area contributed by atoms with Crippen molar-refractivity contribution >= 4 is 27.3 Å². The number of rotatable bonds is 7. The van der Waals surface area contributed by atoms with Gasteiger partial charge in [-0.25, -0.2) is 8.42 Å². The molecule has 0 aromatic heterocycles. The van der Waals surface area contributed by atoms with E-state index in [0.717, 1.165) is 21.7 Å². The number of nitrogens with zero attached hydrogens (tertiary/aromatic N) is 1. The molecule has 0 aliphatic rings. The lowest BCUT2D eigenvalue weighted by Gasteiger charge is -2.25. The van der Waals surface area contributed by atoms with Crippen molar-refractivity contribution < 1.29 is 22.7 Å². The van der Waals surface area contributed by atoms with Crippen LogP contribution in [-0.2, 0) is 14.8 Å². The molecule has 0 heterocycles. The minimum absolute atomic E-state index is 0.356. The molecule has 0 bridgehead atoms. The molecule has 0 aliphatic heterocycles. The Bertz CT molecular complexity index is 921. The number of benzene rings is 2. The molecule has 0 radical (unpaired) electrons. The molecule has 0 fully saturated rings. The van der Waals surface area contributed by atoms with E-state index < -0.39 is 15.9 Å². The third kappa shape index (κ3) is 4.91. The molecule has 0 atom stereocenters. The summed E-state index contributed by atoms with van der Waals surface area (Å²) in [7, 11) is -0.666. The first-order chi connectivity index (χ1) is 12.7. The maximum absolute atomic E-state index is 12.6. The molecule has 0 unspecified atom stereocenters. The molecule has 0 saturated carbocycles. The number of aryl methyl sites for hydroxylation is 2. The minimum Gasteiger partial charge on any atom is -0.497 e. The van der Waals surface area contributed by atoms with Crippen LogP contribution in [0.25, 0.3) is 0 Å². The van der Waals surface area contributed by atoms with Gasteiger partial charge < -0.3 is 14.8 Å². The van der Waals surface area contributed by atoms with E-state index in [4.69, 9.17) is 9.47 Å². The molecule has 8 heteroatoms. The number of sulfonamides is 1. The van der Waals surface area contributed by atoms with E-state index in [9.17, 15) is 13.2 Å². The second-order valence-electron chi connectivity index (χ2n) is 6.12. The standard InChI is InChI=1S/C19H24N2O5S/c1-13-7-6-8-14(2)19(13)21(27(5,23)24)12-18(22)20-16-11-15(25-3)9-10-17(16)26-4/h6-11H,12H2,1-5H3,(H,20,22). The lowest BCUT2D eigenvalue weighted by molar-refractivity contribution is -0.114. The first kappa shape index (κ1) is 20.6. The molecular weight excluding hydrogens is 368 g/mol.